The summed E-state index contributed by atoms with van der Waals surface area (Å²) >= 11 is 0. The Labute approximate surface area is 882 Å². The smallest absolute Gasteiger partial charge is 0.395 e. The molecule has 0 radical (unpaired) electrons. The number of hydrogen-bond donors (Lipinski definition) is 2. The van der Waals surface area contributed by atoms with Crippen LogP contribution < -0.4 is 9.64 Å². The van der Waals surface area contributed by atoms with Crippen LogP contribution in [0, 0.1) is 22.7 Å². The number of aliphatic hydroxyl groups is 2. The molecule has 3 atom stereocenters. The third-order valence-electron chi connectivity index (χ3n) is 26.8. The van der Waals surface area contributed by atoms with Crippen molar-refractivity contribution in [1.82, 2.24) is 63.8 Å². The molecular weight excluding hydrogens is 1830 g/mol. The van der Waals surface area contributed by atoms with Crippen LogP contribution in [0.2, 0.25) is 0 Å². The summed E-state index contributed by atoms with van der Waals surface area (Å²) < 4.78 is 112. The molecule has 3 unspecified atom stereocenters. The molecule has 24 nitrogen and oxygen atoms in total. The molecule has 0 spiro atoms. The van der Waals surface area contributed by atoms with Gasteiger partial charge in [0.15, 0.2) is 0 Å². The van der Waals surface area contributed by atoms with E-state index in [1.54, 1.807) is 41.5 Å². The Morgan fingerprint density at radius 3 is 1.02 bits per heavy atom. The molecule has 1 aromatic rings. The van der Waals surface area contributed by atoms with Crippen molar-refractivity contribution in [3.05, 3.63) is 18.3 Å². The zero-order chi connectivity index (χ0) is 111. The minimum atomic E-state index is -4.22. The molecule has 6 saturated heterocycles. The lowest BCUT2D eigenvalue weighted by Crippen LogP contribution is -2.56. The van der Waals surface area contributed by atoms with E-state index in [0.717, 1.165) is 169 Å². The van der Waals surface area contributed by atoms with E-state index in [4.69, 9.17) is 37.9 Å². The molecule has 1 aliphatic carbocycles. The van der Waals surface area contributed by atoms with E-state index in [9.17, 15) is 32.2 Å². The number of anilines is 1. The zero-order valence-electron chi connectivity index (χ0n) is 102. The Kier molecular flexibility index (Phi) is 57.4. The van der Waals surface area contributed by atoms with Crippen LogP contribution in [0.15, 0.2) is 18.3 Å². The Bertz CT molecular complexity index is 3410. The van der Waals surface area contributed by atoms with Gasteiger partial charge in [0.05, 0.1) is 103 Å². The van der Waals surface area contributed by atoms with Crippen molar-refractivity contribution in [2.75, 3.05) is 268 Å². The number of piperazine rings is 6. The first-order valence-corrected chi connectivity index (χ1v) is 55.5. The van der Waals surface area contributed by atoms with Crippen LogP contribution in [0.3, 0.4) is 0 Å². The number of ether oxygens (including phenoxy) is 8. The number of likely N-dealkylation sites (N-methyl/N-ethyl adjacent to an activating group) is 1. The molecule has 856 valence electrons. The Hall–Kier alpha value is -2.44. The number of hydrogen-bond acceptors (Lipinski definition) is 24. The summed E-state index contributed by atoms with van der Waals surface area (Å²) in [7, 11) is 2.27. The largest absolute Gasteiger partial charge is 0.472 e. The minimum Gasteiger partial charge on any atom is -0.472 e. The molecule has 29 heteroatoms. The van der Waals surface area contributed by atoms with Gasteiger partial charge in [-0.3, -0.25) is 44.1 Å². The fourth-order valence-corrected chi connectivity index (χ4v) is 17.9. The van der Waals surface area contributed by atoms with Gasteiger partial charge in [0.1, 0.15) is 12.2 Å². The Balaban J connectivity index is 0.000000569. The fourth-order valence-electron chi connectivity index (χ4n) is 17.9. The number of aromatic nitrogens is 1. The van der Waals surface area contributed by atoms with Gasteiger partial charge in [-0.2, -0.15) is 13.2 Å². The lowest BCUT2D eigenvalue weighted by Gasteiger charge is -2.44. The van der Waals surface area contributed by atoms with Gasteiger partial charge in [-0.25, -0.2) is 13.8 Å². The highest BCUT2D eigenvalue weighted by atomic mass is 19.4. The highest BCUT2D eigenvalue weighted by Gasteiger charge is 2.44. The van der Waals surface area contributed by atoms with Gasteiger partial charge in [-0.1, -0.05) is 41.5 Å². The van der Waals surface area contributed by atoms with Crippen molar-refractivity contribution in [2.45, 2.75) is 433 Å². The summed E-state index contributed by atoms with van der Waals surface area (Å²) in [6, 6.07) is 4.85. The summed E-state index contributed by atoms with van der Waals surface area (Å²) in [4.78, 5) is 35.1. The van der Waals surface area contributed by atoms with Gasteiger partial charge in [0, 0.05) is 249 Å². The topological polar surface area (TPSA) is 169 Å². The van der Waals surface area contributed by atoms with Gasteiger partial charge in [0.2, 0.25) is 5.88 Å². The van der Waals surface area contributed by atoms with Crippen LogP contribution in [-0.4, -0.2) is 434 Å². The first-order valence-electron chi connectivity index (χ1n) is 55.5. The molecule has 8 rings (SSSR count). The molecular formula is C115H231F5N14O10. The zero-order valence-corrected chi connectivity index (χ0v) is 102. The molecule has 1 saturated carbocycles. The van der Waals surface area contributed by atoms with E-state index in [0.29, 0.717) is 69.3 Å². The number of β-amino-alcohol motifs (C(OH)–C–C–N with tert-alkyl or cyclic N) is 2. The first-order chi connectivity index (χ1) is 65.0. The summed E-state index contributed by atoms with van der Waals surface area (Å²) in [5.74, 6) is -2.61. The van der Waals surface area contributed by atoms with E-state index < -0.39 is 41.4 Å². The van der Waals surface area contributed by atoms with Gasteiger partial charge < -0.3 is 67.7 Å². The molecule has 7 heterocycles. The maximum absolute atomic E-state index is 13.9. The van der Waals surface area contributed by atoms with Gasteiger partial charge in [0.25, 0.3) is 5.92 Å². The predicted molar refractivity (Wildman–Crippen MR) is 595 cm³/mol. The lowest BCUT2D eigenvalue weighted by molar-refractivity contribution is -0.202. The standard InChI is InChI=1S/C20H35N3O2.C18H37NO.C16H31F3N2O.C16H34N2O2.C15H30F2N2O.C15H32N2O2.C15H32N2O/c1-19(2,3)24-15-7-10-22-11-13-23(14-12-22)17-8-9-18(21-16-17)25-20(4,5)6;1-17(2,3)14-20-13-12-19(7)16-10-8-15(9-11-16)18(4,5)6;1-14(2,3)21-9-7-20(8-10-21)11-13(16(17,18)19)12-22-15(4,5)6;1-14(2,3)18-10-8-17(9-11-18)12-16(7,19)13-20-15(4,5)6;1-13(2,3)19-9-7-18(8-10-19)11-15(16,17)12-20-14(4,5)6;1-14(2,3)17-9-7-16(8-10-17)11-13(18)12-19-15(4,5)6;1-14(2,3)17-11-9-16(10-12-17)8-7-13-18-15(4,5)6/h8-9,16H,7,10-15H2,1-6H3;15-16H,8-14H2,1-7H3;13H,7-12H2,1-6H3;19H,8-13H2,1-7H3;7-12H2,1-6H3;13,18H,7-12H2,1-6H3;7-13H2,1-6H3. The van der Waals surface area contributed by atoms with Crippen LogP contribution in [0.1, 0.15) is 336 Å². The van der Waals surface area contributed by atoms with Crippen molar-refractivity contribution in [2.24, 2.45) is 22.7 Å². The normalized spacial score (nSPS) is 21.1. The Morgan fingerprint density at radius 2 is 0.694 bits per heavy atom. The van der Waals surface area contributed by atoms with Gasteiger partial charge in [-0.15, -0.1) is 0 Å². The molecule has 2 N–H and O–H groups in total. The van der Waals surface area contributed by atoms with Crippen molar-refractivity contribution in [3.63, 3.8) is 0 Å². The summed E-state index contributed by atoms with van der Waals surface area (Å²) in [6.07, 6.45) is 5.06. The quantitative estimate of drug-likeness (QED) is 0.0531. The second-order valence-corrected chi connectivity index (χ2v) is 56.7. The molecule has 0 aromatic carbocycles. The lowest BCUT2D eigenvalue weighted by atomic mass is 9.71. The molecule has 7 fully saturated rings. The van der Waals surface area contributed by atoms with Crippen LogP contribution in [0.4, 0.5) is 27.6 Å². The molecule has 144 heavy (non-hydrogen) atoms. The summed E-state index contributed by atoms with van der Waals surface area (Å²) in [5.41, 5.74) is 0.483. The number of rotatable bonds is 31. The second-order valence-electron chi connectivity index (χ2n) is 56.7. The number of nitrogens with zero attached hydrogens (tertiary/aromatic N) is 14. The van der Waals surface area contributed by atoms with E-state index in [2.05, 4.69) is 259 Å². The average Bonchev–Trinajstić information content (AvgIpc) is 0.578. The van der Waals surface area contributed by atoms with E-state index in [1.807, 2.05) is 91.3 Å². The molecule has 1 aromatic heterocycles. The van der Waals surface area contributed by atoms with Crippen LogP contribution >= 0.6 is 0 Å². The van der Waals surface area contributed by atoms with E-state index in [1.165, 1.54) is 64.1 Å². The van der Waals surface area contributed by atoms with Crippen molar-refractivity contribution in [1.29, 1.82) is 0 Å². The average molecular weight is 2070 g/mol. The Morgan fingerprint density at radius 1 is 0.361 bits per heavy atom. The fraction of sp³-hybridized carbons (Fsp3) is 0.957. The molecule has 0 amide bonds. The van der Waals surface area contributed by atoms with Gasteiger partial charge in [-0.05, 0) is 325 Å². The number of alkyl halides is 5. The van der Waals surface area contributed by atoms with E-state index >= 15 is 0 Å². The second kappa shape index (κ2) is 60.0. The van der Waals surface area contributed by atoms with Crippen molar-refractivity contribution >= 4 is 5.69 Å². The number of halogens is 5. The molecule has 0 bridgehead atoms. The van der Waals surface area contributed by atoms with Gasteiger partial charge >= 0.3 is 6.18 Å². The summed E-state index contributed by atoms with van der Waals surface area (Å²) in [6.45, 7) is 122. The highest BCUT2D eigenvalue weighted by Crippen LogP contribution is 2.40. The van der Waals surface area contributed by atoms with Crippen molar-refractivity contribution < 1.29 is 70.1 Å². The third kappa shape index (κ3) is 66.6. The first kappa shape index (κ1) is 138. The van der Waals surface area contributed by atoms with Crippen LogP contribution in [-0.2, 0) is 33.2 Å². The van der Waals surface area contributed by atoms with E-state index in [-0.39, 0.29) is 81.4 Å². The molecule has 6 aliphatic heterocycles. The van der Waals surface area contributed by atoms with Crippen molar-refractivity contribution in [3.8, 4) is 5.88 Å². The van der Waals surface area contributed by atoms with Crippen LogP contribution in [0.25, 0.3) is 0 Å². The minimum absolute atomic E-state index is 0.00489. The number of pyridine rings is 1. The monoisotopic (exact) mass is 2060 g/mol. The molecule has 7 aliphatic rings. The maximum atomic E-state index is 13.9. The van der Waals surface area contributed by atoms with Crippen LogP contribution in [0.5, 0.6) is 5.88 Å². The highest BCUT2D eigenvalue weighted by molar-refractivity contribution is 5.46. The maximum Gasteiger partial charge on any atom is 0.395 e. The summed E-state index contributed by atoms with van der Waals surface area (Å²) in [5, 5.41) is 20.5. The number of aliphatic hydroxyl groups excluding tert-OH is 1. The predicted octanol–water partition coefficient (Wildman–Crippen LogP) is 20.6. The SMILES string of the molecule is CC(C)(C)OCC(CN1CCN(C(C)(C)C)CC1)C(F)(F)F.CC(C)(C)OCC(F)(F)CN1CCN(C(C)(C)C)CC1.CC(C)(C)OCC(O)CN1CCN(C(C)(C)C)CC1.CC(C)(C)OCCCN1CCN(C(C)(C)C)CC1.CC(C)(C)OCCCN1CCN(c2ccc(OC(C)(C)C)nc2)CC1.CC(O)(COC(C)(C)C)CN1CCN(C(C)(C)C)CC1.CN(CCOCC(C)(C)C)C1CCC(C(C)(C)C)CC1. The third-order valence-corrected chi connectivity index (χ3v) is 26.8.